The van der Waals surface area contributed by atoms with Crippen LogP contribution in [0, 0.1) is 0 Å². The number of thioether (sulfide) groups is 1. The predicted octanol–water partition coefficient (Wildman–Crippen LogP) is 5.72. The lowest BCUT2D eigenvalue weighted by Gasteiger charge is -2.08. The highest BCUT2D eigenvalue weighted by Crippen LogP contribution is 2.22. The number of hydrogen-bond donors (Lipinski definition) is 2. The molecule has 0 saturated heterocycles. The maximum Gasteiger partial charge on any atom is 0.255 e. The van der Waals surface area contributed by atoms with E-state index in [1.807, 2.05) is 43.3 Å². The van der Waals surface area contributed by atoms with Crippen LogP contribution in [0.3, 0.4) is 0 Å². The van der Waals surface area contributed by atoms with Crippen molar-refractivity contribution in [3.63, 3.8) is 0 Å². The standard InChI is InChI=1S/C23H21ClN2O3S/c1-2-29-20-10-6-18(7-11-20)25-22(27)15-30-21-12-8-19(9-13-21)26-23(28)16-4-3-5-17(24)14-16/h3-14H,2,15H2,1H3,(H,25,27)(H,26,28). The van der Waals surface area contributed by atoms with Crippen LogP contribution in [0.1, 0.15) is 17.3 Å². The fraction of sp³-hybridized carbons (Fsp3) is 0.130. The van der Waals surface area contributed by atoms with Gasteiger partial charge in [0, 0.05) is 26.9 Å². The van der Waals surface area contributed by atoms with Gasteiger partial charge in [-0.1, -0.05) is 17.7 Å². The number of amides is 2. The lowest BCUT2D eigenvalue weighted by Crippen LogP contribution is -2.14. The van der Waals surface area contributed by atoms with Crippen LogP contribution in [-0.4, -0.2) is 24.2 Å². The molecule has 3 rings (SSSR count). The second-order valence-corrected chi connectivity index (χ2v) is 7.77. The highest BCUT2D eigenvalue weighted by Gasteiger charge is 2.08. The third kappa shape index (κ3) is 6.54. The van der Waals surface area contributed by atoms with Crippen molar-refractivity contribution in [1.29, 1.82) is 0 Å². The van der Waals surface area contributed by atoms with E-state index in [1.54, 1.807) is 36.4 Å². The largest absolute Gasteiger partial charge is 0.494 e. The van der Waals surface area contributed by atoms with Crippen LogP contribution in [0.5, 0.6) is 5.75 Å². The number of hydrogen-bond acceptors (Lipinski definition) is 4. The Balaban J connectivity index is 1.48. The zero-order valence-electron chi connectivity index (χ0n) is 16.4. The number of benzene rings is 3. The number of carbonyl (C=O) groups is 2. The van der Waals surface area contributed by atoms with Gasteiger partial charge < -0.3 is 15.4 Å². The maximum absolute atomic E-state index is 12.3. The van der Waals surface area contributed by atoms with Crippen molar-refractivity contribution in [3.8, 4) is 5.75 Å². The van der Waals surface area contributed by atoms with Gasteiger partial charge in [0.15, 0.2) is 0 Å². The summed E-state index contributed by atoms with van der Waals surface area (Å²) in [5, 5.41) is 6.20. The molecule has 0 aromatic heterocycles. The molecule has 0 aliphatic rings. The number of rotatable bonds is 8. The summed E-state index contributed by atoms with van der Waals surface area (Å²) in [6.07, 6.45) is 0. The zero-order chi connectivity index (χ0) is 21.3. The molecule has 0 atom stereocenters. The molecule has 0 radical (unpaired) electrons. The Morgan fingerprint density at radius 3 is 2.27 bits per heavy atom. The van der Waals surface area contributed by atoms with Gasteiger partial charge in [0.1, 0.15) is 5.75 Å². The summed E-state index contributed by atoms with van der Waals surface area (Å²) in [5.74, 6) is 0.726. The number of anilines is 2. The topological polar surface area (TPSA) is 67.4 Å². The smallest absolute Gasteiger partial charge is 0.255 e. The van der Waals surface area contributed by atoms with Gasteiger partial charge >= 0.3 is 0 Å². The lowest BCUT2D eigenvalue weighted by atomic mass is 10.2. The average Bonchev–Trinajstić information content (AvgIpc) is 2.75. The minimum atomic E-state index is -0.229. The fourth-order valence-corrected chi connectivity index (χ4v) is 3.50. The molecule has 0 fully saturated rings. The molecular weight excluding hydrogens is 420 g/mol. The third-order valence-electron chi connectivity index (χ3n) is 4.02. The van der Waals surface area contributed by atoms with Crippen LogP contribution in [0.25, 0.3) is 0 Å². The lowest BCUT2D eigenvalue weighted by molar-refractivity contribution is -0.113. The van der Waals surface area contributed by atoms with Gasteiger partial charge in [0.2, 0.25) is 5.91 Å². The van der Waals surface area contributed by atoms with Crippen LogP contribution in [0.15, 0.2) is 77.7 Å². The van der Waals surface area contributed by atoms with Crippen molar-refractivity contribution >= 4 is 46.6 Å². The first-order valence-corrected chi connectivity index (χ1v) is 10.7. The van der Waals surface area contributed by atoms with Gasteiger partial charge in [-0.2, -0.15) is 0 Å². The summed E-state index contributed by atoms with van der Waals surface area (Å²) in [4.78, 5) is 25.4. The molecule has 2 N–H and O–H groups in total. The summed E-state index contributed by atoms with van der Waals surface area (Å²) in [6, 6.07) is 21.4. The molecule has 154 valence electrons. The first-order chi connectivity index (χ1) is 14.5. The second-order valence-electron chi connectivity index (χ2n) is 6.28. The molecule has 2 amide bonds. The van der Waals surface area contributed by atoms with E-state index in [1.165, 1.54) is 11.8 Å². The summed E-state index contributed by atoms with van der Waals surface area (Å²) in [7, 11) is 0. The second kappa shape index (κ2) is 10.7. The van der Waals surface area contributed by atoms with E-state index >= 15 is 0 Å². The monoisotopic (exact) mass is 440 g/mol. The number of nitrogens with one attached hydrogen (secondary N) is 2. The Hall–Kier alpha value is -2.96. The number of halogens is 1. The first kappa shape index (κ1) is 21.7. The van der Waals surface area contributed by atoms with Crippen LogP contribution in [0.4, 0.5) is 11.4 Å². The SMILES string of the molecule is CCOc1ccc(NC(=O)CSc2ccc(NC(=O)c3cccc(Cl)c3)cc2)cc1. The Morgan fingerprint density at radius 2 is 1.60 bits per heavy atom. The summed E-state index contributed by atoms with van der Waals surface area (Å²) in [5.41, 5.74) is 1.89. The Morgan fingerprint density at radius 1 is 0.933 bits per heavy atom. The quantitative estimate of drug-likeness (QED) is 0.439. The van der Waals surface area contributed by atoms with E-state index in [0.29, 0.717) is 22.9 Å². The highest BCUT2D eigenvalue weighted by molar-refractivity contribution is 8.00. The molecule has 0 aliphatic carbocycles. The van der Waals surface area contributed by atoms with Crippen LogP contribution in [-0.2, 0) is 4.79 Å². The van der Waals surface area contributed by atoms with Crippen molar-refractivity contribution in [2.75, 3.05) is 23.0 Å². The van der Waals surface area contributed by atoms with Crippen LogP contribution >= 0.6 is 23.4 Å². The minimum absolute atomic E-state index is 0.0949. The van der Waals surface area contributed by atoms with Crippen LogP contribution in [0.2, 0.25) is 5.02 Å². The van der Waals surface area contributed by atoms with Gasteiger partial charge in [-0.15, -0.1) is 11.8 Å². The summed E-state index contributed by atoms with van der Waals surface area (Å²) >= 11 is 7.34. The molecule has 30 heavy (non-hydrogen) atoms. The van der Waals surface area contributed by atoms with Crippen molar-refractivity contribution in [3.05, 3.63) is 83.4 Å². The maximum atomic E-state index is 12.3. The van der Waals surface area contributed by atoms with Gasteiger partial charge in [-0.05, 0) is 73.7 Å². The molecule has 5 nitrogen and oxygen atoms in total. The summed E-state index contributed by atoms with van der Waals surface area (Å²) < 4.78 is 5.39. The van der Waals surface area contributed by atoms with Gasteiger partial charge in [-0.3, -0.25) is 9.59 Å². The molecule has 0 heterocycles. The van der Waals surface area contributed by atoms with Gasteiger partial charge in [0.25, 0.3) is 5.91 Å². The molecule has 7 heteroatoms. The van der Waals surface area contributed by atoms with Crippen molar-refractivity contribution in [2.24, 2.45) is 0 Å². The van der Waals surface area contributed by atoms with E-state index in [9.17, 15) is 9.59 Å². The normalized spacial score (nSPS) is 10.3. The van der Waals surface area contributed by atoms with E-state index in [0.717, 1.165) is 16.3 Å². The van der Waals surface area contributed by atoms with Crippen molar-refractivity contribution in [1.82, 2.24) is 0 Å². The number of ether oxygens (including phenoxy) is 1. The van der Waals surface area contributed by atoms with E-state index in [-0.39, 0.29) is 17.6 Å². The minimum Gasteiger partial charge on any atom is -0.494 e. The fourth-order valence-electron chi connectivity index (χ4n) is 2.61. The molecular formula is C23H21ClN2O3S. The van der Waals surface area contributed by atoms with Crippen molar-refractivity contribution < 1.29 is 14.3 Å². The molecule has 3 aromatic carbocycles. The molecule has 0 unspecified atom stereocenters. The van der Waals surface area contributed by atoms with Gasteiger partial charge in [-0.25, -0.2) is 0 Å². The van der Waals surface area contributed by atoms with E-state index in [4.69, 9.17) is 16.3 Å². The first-order valence-electron chi connectivity index (χ1n) is 9.36. The number of carbonyl (C=O) groups excluding carboxylic acids is 2. The highest BCUT2D eigenvalue weighted by atomic mass is 35.5. The van der Waals surface area contributed by atoms with Crippen molar-refractivity contribution in [2.45, 2.75) is 11.8 Å². The predicted molar refractivity (Wildman–Crippen MR) is 123 cm³/mol. The molecule has 3 aromatic rings. The zero-order valence-corrected chi connectivity index (χ0v) is 17.9. The van der Waals surface area contributed by atoms with Gasteiger partial charge in [0.05, 0.1) is 12.4 Å². The molecule has 0 bridgehead atoms. The van der Waals surface area contributed by atoms with E-state index < -0.39 is 0 Å². The summed E-state index contributed by atoms with van der Waals surface area (Å²) in [6.45, 7) is 2.53. The Labute approximate surface area is 184 Å². The molecule has 0 spiro atoms. The molecule has 0 saturated carbocycles. The molecule has 0 aliphatic heterocycles. The van der Waals surface area contributed by atoms with E-state index in [2.05, 4.69) is 10.6 Å². The Bertz CT molecular complexity index is 1010. The Kier molecular flexibility index (Phi) is 7.76. The van der Waals surface area contributed by atoms with Crippen LogP contribution < -0.4 is 15.4 Å². The average molecular weight is 441 g/mol. The third-order valence-corrected chi connectivity index (χ3v) is 5.27.